The van der Waals surface area contributed by atoms with Crippen molar-refractivity contribution in [2.45, 2.75) is 24.2 Å². The largest absolute Gasteiger partial charge is 0.497 e. The molecule has 0 fully saturated rings. The fourth-order valence-electron chi connectivity index (χ4n) is 4.92. The summed E-state index contributed by atoms with van der Waals surface area (Å²) in [6.45, 7) is 2.09. The highest BCUT2D eigenvalue weighted by Gasteiger charge is 2.42. The predicted molar refractivity (Wildman–Crippen MR) is 141 cm³/mol. The average molecular weight is 499 g/mol. The summed E-state index contributed by atoms with van der Waals surface area (Å²) in [5.74, 6) is 2.96. The topological polar surface area (TPSA) is 70.4 Å². The lowest BCUT2D eigenvalue weighted by Gasteiger charge is -2.39. The number of para-hydroxylation sites is 1. The molecule has 0 saturated carbocycles. The fraction of sp³-hybridized carbons (Fsp3) is 0.214. The maximum atomic E-state index is 6.75. The van der Waals surface area contributed by atoms with Crippen LogP contribution in [0.3, 0.4) is 0 Å². The number of anilines is 1. The van der Waals surface area contributed by atoms with Gasteiger partial charge in [0.05, 0.1) is 19.9 Å². The first-order valence-corrected chi connectivity index (χ1v) is 12.9. The molecule has 7 nitrogen and oxygen atoms in total. The number of hydrogen-bond acceptors (Lipinski definition) is 7. The number of aryl methyl sites for hydroxylation is 1. The molecule has 0 aliphatic carbocycles. The Labute approximate surface area is 214 Å². The van der Waals surface area contributed by atoms with E-state index >= 15 is 0 Å². The van der Waals surface area contributed by atoms with Crippen molar-refractivity contribution in [3.63, 3.8) is 0 Å². The second-order valence-electron chi connectivity index (χ2n) is 8.74. The van der Waals surface area contributed by atoms with Gasteiger partial charge < -0.3 is 19.5 Å². The van der Waals surface area contributed by atoms with E-state index in [1.165, 1.54) is 17.3 Å². The molecule has 0 unspecified atom stereocenters. The number of benzene rings is 3. The van der Waals surface area contributed by atoms with Gasteiger partial charge in [-0.1, -0.05) is 53.7 Å². The maximum Gasteiger partial charge on any atom is 0.227 e. The van der Waals surface area contributed by atoms with Crippen molar-refractivity contribution in [1.29, 1.82) is 0 Å². The molecule has 0 saturated heterocycles. The highest BCUT2D eigenvalue weighted by molar-refractivity contribution is 7.98. The molecule has 0 amide bonds. The molecule has 3 aromatic carbocycles. The second-order valence-corrected chi connectivity index (χ2v) is 9.51. The van der Waals surface area contributed by atoms with Crippen molar-refractivity contribution in [2.24, 2.45) is 0 Å². The van der Waals surface area contributed by atoms with Gasteiger partial charge in [-0.2, -0.15) is 4.98 Å². The molecule has 0 radical (unpaired) electrons. The van der Waals surface area contributed by atoms with Crippen LogP contribution in [-0.4, -0.2) is 35.2 Å². The van der Waals surface area contributed by atoms with Crippen LogP contribution >= 0.6 is 11.8 Å². The number of hydrogen-bond donors (Lipinski definition) is 1. The van der Waals surface area contributed by atoms with Gasteiger partial charge in [0.15, 0.2) is 6.10 Å². The normalized spacial score (nSPS) is 17.9. The minimum absolute atomic E-state index is 0.237. The number of aromatic nitrogens is 3. The van der Waals surface area contributed by atoms with E-state index < -0.39 is 6.10 Å². The van der Waals surface area contributed by atoms with Crippen molar-refractivity contribution in [2.75, 3.05) is 25.8 Å². The van der Waals surface area contributed by atoms with Crippen LogP contribution in [0, 0.1) is 6.92 Å². The van der Waals surface area contributed by atoms with Gasteiger partial charge in [0.1, 0.15) is 23.3 Å². The zero-order chi connectivity index (χ0) is 24.8. The molecule has 2 atom stereocenters. The Morgan fingerprint density at radius 1 is 1.00 bits per heavy atom. The molecule has 0 spiro atoms. The van der Waals surface area contributed by atoms with E-state index in [2.05, 4.69) is 42.6 Å². The van der Waals surface area contributed by atoms with Crippen LogP contribution in [0.15, 0.2) is 77.5 Å². The zero-order valence-electron chi connectivity index (χ0n) is 20.5. The molecule has 0 bridgehead atoms. The van der Waals surface area contributed by atoms with Crippen LogP contribution in [0.25, 0.3) is 5.70 Å². The highest BCUT2D eigenvalue weighted by Crippen LogP contribution is 2.52. The second kappa shape index (κ2) is 8.95. The van der Waals surface area contributed by atoms with E-state index in [-0.39, 0.29) is 6.04 Å². The lowest BCUT2D eigenvalue weighted by atomic mass is 9.84. The van der Waals surface area contributed by atoms with E-state index in [9.17, 15) is 0 Å². The minimum atomic E-state index is -0.450. The Balaban J connectivity index is 1.64. The van der Waals surface area contributed by atoms with Gasteiger partial charge in [-0.15, -0.1) is 5.10 Å². The highest BCUT2D eigenvalue weighted by atomic mass is 32.2. The number of fused-ring (bicyclic) bond motifs is 3. The summed E-state index contributed by atoms with van der Waals surface area (Å²) in [6, 6.07) is 22.2. The van der Waals surface area contributed by atoms with Gasteiger partial charge in [0.25, 0.3) is 0 Å². The van der Waals surface area contributed by atoms with Crippen molar-refractivity contribution in [3.05, 3.63) is 94.6 Å². The Hall–Kier alpha value is -3.91. The monoisotopic (exact) mass is 498 g/mol. The molecule has 6 rings (SSSR count). The maximum absolute atomic E-state index is 6.75. The van der Waals surface area contributed by atoms with Crippen LogP contribution in [-0.2, 0) is 0 Å². The summed E-state index contributed by atoms with van der Waals surface area (Å²) in [5.41, 5.74) is 6.18. The average Bonchev–Trinajstić information content (AvgIpc) is 3.34. The van der Waals surface area contributed by atoms with Gasteiger partial charge in [0, 0.05) is 16.7 Å². The van der Waals surface area contributed by atoms with Gasteiger partial charge in [-0.25, -0.2) is 4.68 Å². The van der Waals surface area contributed by atoms with Crippen molar-refractivity contribution < 1.29 is 14.2 Å². The summed E-state index contributed by atoms with van der Waals surface area (Å²) < 4.78 is 20.1. The molecular weight excluding hydrogens is 472 g/mol. The molecule has 3 heterocycles. The summed E-state index contributed by atoms with van der Waals surface area (Å²) >= 11 is 1.52. The Bertz CT molecular complexity index is 1480. The van der Waals surface area contributed by atoms with Crippen LogP contribution in [0.2, 0.25) is 0 Å². The molecule has 2 aliphatic heterocycles. The summed E-state index contributed by atoms with van der Waals surface area (Å²) in [5, 5.41) is 9.16. The van der Waals surface area contributed by atoms with Crippen LogP contribution in [0.1, 0.15) is 34.4 Å². The van der Waals surface area contributed by atoms with Crippen molar-refractivity contribution in [3.8, 4) is 17.2 Å². The predicted octanol–water partition coefficient (Wildman–Crippen LogP) is 5.89. The molecular formula is C28H26N4O3S. The molecule has 1 N–H and O–H groups in total. The number of nitrogens with zero attached hydrogens (tertiary/aromatic N) is 3. The lowest BCUT2D eigenvalue weighted by molar-refractivity contribution is 0.217. The lowest BCUT2D eigenvalue weighted by Crippen LogP contribution is -2.32. The fourth-order valence-corrected chi connectivity index (χ4v) is 5.26. The number of thioether (sulfide) groups is 1. The Kier molecular flexibility index (Phi) is 5.60. The smallest absolute Gasteiger partial charge is 0.227 e. The van der Waals surface area contributed by atoms with E-state index in [1.807, 2.05) is 47.3 Å². The molecule has 1 aromatic heterocycles. The SMILES string of the molecule is COc1ccc(OC)c([C@@H]2Oc3ccccc3C3=C2[C@@H](c2ccc(C)cc2)n2nc(SC)nc2N3)c1. The van der Waals surface area contributed by atoms with Crippen LogP contribution in [0.5, 0.6) is 17.2 Å². The van der Waals surface area contributed by atoms with E-state index in [0.29, 0.717) is 11.1 Å². The minimum Gasteiger partial charge on any atom is -0.497 e. The molecule has 182 valence electrons. The number of nitrogens with one attached hydrogen (secondary N) is 1. The molecule has 2 aliphatic rings. The number of rotatable bonds is 5. The molecule has 4 aromatic rings. The van der Waals surface area contributed by atoms with E-state index in [0.717, 1.165) is 45.2 Å². The number of ether oxygens (including phenoxy) is 3. The third-order valence-electron chi connectivity index (χ3n) is 6.66. The summed E-state index contributed by atoms with van der Waals surface area (Å²) in [4.78, 5) is 4.77. The van der Waals surface area contributed by atoms with Crippen LogP contribution < -0.4 is 19.5 Å². The van der Waals surface area contributed by atoms with Gasteiger partial charge >= 0.3 is 0 Å². The first-order chi connectivity index (χ1) is 17.6. The first kappa shape index (κ1) is 22.5. The van der Waals surface area contributed by atoms with Gasteiger partial charge in [-0.05, 0) is 49.1 Å². The first-order valence-electron chi connectivity index (χ1n) is 11.7. The van der Waals surface area contributed by atoms with Gasteiger partial charge in [0.2, 0.25) is 11.1 Å². The van der Waals surface area contributed by atoms with E-state index in [1.54, 1.807) is 14.2 Å². The molecule has 8 heteroatoms. The van der Waals surface area contributed by atoms with Crippen LogP contribution in [0.4, 0.5) is 5.95 Å². The standard InChI is InChI=1S/C28H26N4O3S/c1-16-9-11-17(12-10-16)25-23-24(29-27-30-28(36-4)31-32(25)27)19-7-5-6-8-22(19)35-26(23)20-15-18(33-2)13-14-21(20)34-3/h5-15,25-26H,1-4H3,(H,29,30,31)/t25-,26+/m1/s1. The summed E-state index contributed by atoms with van der Waals surface area (Å²) in [7, 11) is 3.34. The van der Waals surface area contributed by atoms with Crippen molar-refractivity contribution in [1.82, 2.24) is 14.8 Å². The molecule has 36 heavy (non-hydrogen) atoms. The Morgan fingerprint density at radius 2 is 1.81 bits per heavy atom. The zero-order valence-corrected chi connectivity index (χ0v) is 21.3. The van der Waals surface area contributed by atoms with E-state index in [4.69, 9.17) is 24.3 Å². The summed E-state index contributed by atoms with van der Waals surface area (Å²) in [6.07, 6.45) is 1.53. The number of methoxy groups -OCH3 is 2. The third kappa shape index (κ3) is 3.60. The third-order valence-corrected chi connectivity index (χ3v) is 7.19. The van der Waals surface area contributed by atoms with Crippen molar-refractivity contribution >= 4 is 23.4 Å². The quantitative estimate of drug-likeness (QED) is 0.344. The van der Waals surface area contributed by atoms with Gasteiger partial charge in [-0.3, -0.25) is 0 Å². The Morgan fingerprint density at radius 3 is 2.56 bits per heavy atom.